The van der Waals surface area contributed by atoms with Gasteiger partial charge in [0, 0.05) is 28.3 Å². The third-order valence-corrected chi connectivity index (χ3v) is 6.58. The van der Waals surface area contributed by atoms with Gasteiger partial charge in [-0.05, 0) is 67.4 Å². The third kappa shape index (κ3) is 4.05. The number of nitrogens with zero attached hydrogens (tertiary/aromatic N) is 1. The monoisotopic (exact) mass is 393 g/mol. The van der Waals surface area contributed by atoms with Crippen molar-refractivity contribution in [3.63, 3.8) is 0 Å². The molecule has 140 valence electrons. The molecule has 2 aromatic rings. The number of hydrogen-bond donors (Lipinski definition) is 0. The molecule has 1 aliphatic heterocycles. The summed E-state index contributed by atoms with van der Waals surface area (Å²) >= 11 is 5.92. The van der Waals surface area contributed by atoms with Gasteiger partial charge in [-0.2, -0.15) is 0 Å². The van der Waals surface area contributed by atoms with Crippen LogP contribution in [0.1, 0.15) is 23.6 Å². The van der Waals surface area contributed by atoms with Gasteiger partial charge in [0.05, 0.1) is 25.0 Å². The molecule has 1 heterocycles. The molecule has 0 radical (unpaired) electrons. The molecule has 2 aromatic carbocycles. The molecule has 2 atom stereocenters. The number of hydrogen-bond acceptors (Lipinski definition) is 4. The zero-order valence-corrected chi connectivity index (χ0v) is 16.9. The molecule has 0 amide bonds. The molecule has 0 saturated heterocycles. The number of halogens is 1. The van der Waals surface area contributed by atoms with Gasteiger partial charge in [-0.1, -0.05) is 11.6 Å². The average Bonchev–Trinajstić information content (AvgIpc) is 2.66. The highest BCUT2D eigenvalue weighted by molar-refractivity contribution is 7.85. The van der Waals surface area contributed by atoms with Gasteiger partial charge in [0.25, 0.3) is 0 Å². The summed E-state index contributed by atoms with van der Waals surface area (Å²) in [5, 5.41) is 0.660. The van der Waals surface area contributed by atoms with Crippen molar-refractivity contribution in [2.45, 2.75) is 23.8 Å². The third-order valence-electron chi connectivity index (χ3n) is 4.92. The lowest BCUT2D eigenvalue weighted by Gasteiger charge is -2.35. The Hall–Kier alpha value is -1.56. The molecule has 0 N–H and O–H groups in total. The van der Waals surface area contributed by atoms with E-state index in [1.54, 1.807) is 26.4 Å². The topological polar surface area (TPSA) is 38.8 Å². The molecule has 0 fully saturated rings. The molecule has 6 heteroatoms. The lowest BCUT2D eigenvalue weighted by atomic mass is 9.91. The maximum atomic E-state index is 12.6. The lowest BCUT2D eigenvalue weighted by Crippen LogP contribution is -2.33. The molecule has 26 heavy (non-hydrogen) atoms. The Morgan fingerprint density at radius 1 is 1.15 bits per heavy atom. The van der Waals surface area contributed by atoms with Crippen molar-refractivity contribution in [1.29, 1.82) is 0 Å². The summed E-state index contributed by atoms with van der Waals surface area (Å²) in [6, 6.07) is 11.6. The first-order chi connectivity index (χ1) is 12.5. The smallest absolute Gasteiger partial charge is 0.161 e. The van der Waals surface area contributed by atoms with Crippen LogP contribution < -0.4 is 9.47 Å². The first kappa shape index (κ1) is 19.2. The van der Waals surface area contributed by atoms with Crippen LogP contribution in [0.25, 0.3) is 0 Å². The highest BCUT2D eigenvalue weighted by Gasteiger charge is 2.27. The molecule has 0 saturated carbocycles. The normalized spacial score (nSPS) is 18.2. The SMILES string of the molecule is COc1cc2c(cc1OC)C(CCS(=O)c1ccc(Cl)cc1)N(C)CC2. The number of fused-ring (bicyclic) bond motifs is 1. The number of rotatable bonds is 6. The average molecular weight is 394 g/mol. The molecule has 4 nitrogen and oxygen atoms in total. The summed E-state index contributed by atoms with van der Waals surface area (Å²) in [6.45, 7) is 0.973. The van der Waals surface area contributed by atoms with E-state index >= 15 is 0 Å². The lowest BCUT2D eigenvalue weighted by molar-refractivity contribution is 0.224. The number of benzene rings is 2. The Balaban J connectivity index is 1.80. The van der Waals surface area contributed by atoms with E-state index in [0.29, 0.717) is 10.8 Å². The van der Waals surface area contributed by atoms with E-state index in [-0.39, 0.29) is 6.04 Å². The van der Waals surface area contributed by atoms with Gasteiger partial charge in [0.15, 0.2) is 11.5 Å². The first-order valence-electron chi connectivity index (χ1n) is 8.62. The van der Waals surface area contributed by atoms with E-state index in [1.165, 1.54) is 11.1 Å². The van der Waals surface area contributed by atoms with Crippen molar-refractivity contribution in [2.24, 2.45) is 0 Å². The highest BCUT2D eigenvalue weighted by Crippen LogP contribution is 2.39. The fraction of sp³-hybridized carbons (Fsp3) is 0.400. The van der Waals surface area contributed by atoms with Crippen molar-refractivity contribution in [3.8, 4) is 11.5 Å². The summed E-state index contributed by atoms with van der Waals surface area (Å²) in [4.78, 5) is 3.15. The van der Waals surface area contributed by atoms with Crippen LogP contribution >= 0.6 is 11.6 Å². The van der Waals surface area contributed by atoms with Crippen LogP contribution in [-0.2, 0) is 17.2 Å². The van der Waals surface area contributed by atoms with Gasteiger partial charge in [-0.15, -0.1) is 0 Å². The quantitative estimate of drug-likeness (QED) is 0.741. The zero-order valence-electron chi connectivity index (χ0n) is 15.3. The van der Waals surface area contributed by atoms with Crippen LogP contribution in [0.5, 0.6) is 11.5 Å². The number of likely N-dealkylation sites (N-methyl/N-ethyl adjacent to an activating group) is 1. The minimum Gasteiger partial charge on any atom is -0.493 e. The standard InChI is InChI=1S/C20H24ClNO3S/c1-22-10-8-14-12-19(24-2)20(25-3)13-17(14)18(22)9-11-26(23)16-6-4-15(21)5-7-16/h4-7,12-13,18H,8-11H2,1-3H3. The number of methoxy groups -OCH3 is 2. The second kappa shape index (κ2) is 8.42. The van der Waals surface area contributed by atoms with E-state index in [4.69, 9.17) is 21.1 Å². The fourth-order valence-electron chi connectivity index (χ4n) is 3.45. The molecular weight excluding hydrogens is 370 g/mol. The van der Waals surface area contributed by atoms with E-state index in [1.807, 2.05) is 12.1 Å². The van der Waals surface area contributed by atoms with E-state index in [9.17, 15) is 4.21 Å². The predicted octanol–water partition coefficient (Wildman–Crippen LogP) is 4.08. The molecule has 0 aromatic heterocycles. The van der Waals surface area contributed by atoms with Gasteiger partial charge >= 0.3 is 0 Å². The van der Waals surface area contributed by atoms with Crippen LogP contribution in [-0.4, -0.2) is 42.7 Å². The van der Waals surface area contributed by atoms with Crippen LogP contribution in [0, 0.1) is 0 Å². The predicted molar refractivity (Wildman–Crippen MR) is 106 cm³/mol. The van der Waals surface area contributed by atoms with Crippen LogP contribution in [0.3, 0.4) is 0 Å². The van der Waals surface area contributed by atoms with Crippen molar-refractivity contribution >= 4 is 22.4 Å². The Bertz CT molecular complexity index is 794. The molecule has 1 aliphatic rings. The van der Waals surface area contributed by atoms with E-state index in [0.717, 1.165) is 35.8 Å². The summed E-state index contributed by atoms with van der Waals surface area (Å²) < 4.78 is 23.6. The maximum absolute atomic E-state index is 12.6. The van der Waals surface area contributed by atoms with Gasteiger partial charge in [-0.25, -0.2) is 0 Å². The molecule has 0 aliphatic carbocycles. The maximum Gasteiger partial charge on any atom is 0.161 e. The van der Waals surface area contributed by atoms with E-state index in [2.05, 4.69) is 24.1 Å². The second-order valence-electron chi connectivity index (χ2n) is 6.44. The summed E-state index contributed by atoms with van der Waals surface area (Å²) in [5.74, 6) is 2.11. The van der Waals surface area contributed by atoms with E-state index < -0.39 is 10.8 Å². The van der Waals surface area contributed by atoms with Crippen molar-refractivity contribution < 1.29 is 13.7 Å². The Labute approximate surface area is 162 Å². The Kier molecular flexibility index (Phi) is 6.22. The molecular formula is C20H24ClNO3S. The Morgan fingerprint density at radius 3 is 2.46 bits per heavy atom. The summed E-state index contributed by atoms with van der Waals surface area (Å²) in [5.41, 5.74) is 2.52. The van der Waals surface area contributed by atoms with Crippen LogP contribution in [0.4, 0.5) is 0 Å². The minimum atomic E-state index is -1.04. The molecule has 3 rings (SSSR count). The van der Waals surface area contributed by atoms with Crippen LogP contribution in [0.15, 0.2) is 41.3 Å². The molecule has 2 unspecified atom stereocenters. The van der Waals surface area contributed by atoms with Crippen molar-refractivity contribution in [2.75, 3.05) is 33.6 Å². The first-order valence-corrected chi connectivity index (χ1v) is 10.3. The largest absolute Gasteiger partial charge is 0.493 e. The second-order valence-corrected chi connectivity index (χ2v) is 8.45. The van der Waals surface area contributed by atoms with Gasteiger partial charge in [0.1, 0.15) is 0 Å². The highest BCUT2D eigenvalue weighted by atomic mass is 35.5. The van der Waals surface area contributed by atoms with Crippen molar-refractivity contribution in [1.82, 2.24) is 4.90 Å². The van der Waals surface area contributed by atoms with Gasteiger partial charge < -0.3 is 9.47 Å². The van der Waals surface area contributed by atoms with Crippen LogP contribution in [0.2, 0.25) is 5.02 Å². The van der Waals surface area contributed by atoms with Gasteiger partial charge in [0.2, 0.25) is 0 Å². The Morgan fingerprint density at radius 2 is 1.81 bits per heavy atom. The summed E-state index contributed by atoms with van der Waals surface area (Å²) in [7, 11) is 4.39. The zero-order chi connectivity index (χ0) is 18.7. The summed E-state index contributed by atoms with van der Waals surface area (Å²) in [6.07, 6.45) is 1.79. The minimum absolute atomic E-state index is 0.217. The van der Waals surface area contributed by atoms with Gasteiger partial charge in [-0.3, -0.25) is 9.11 Å². The number of ether oxygens (including phenoxy) is 2. The fourth-order valence-corrected chi connectivity index (χ4v) is 4.69. The molecule has 0 spiro atoms. The van der Waals surface area contributed by atoms with Crippen molar-refractivity contribution in [3.05, 3.63) is 52.5 Å². The molecule has 0 bridgehead atoms.